The molecule has 0 aliphatic rings. The van der Waals surface area contributed by atoms with Crippen LogP contribution in [0.5, 0.6) is 0 Å². The fraction of sp³-hybridized carbons (Fsp3) is 0.409. The Morgan fingerprint density at radius 3 is 2.00 bits per heavy atom. The van der Waals surface area contributed by atoms with Gasteiger partial charge in [0.1, 0.15) is 0 Å². The molecule has 0 heterocycles. The van der Waals surface area contributed by atoms with E-state index in [-0.39, 0.29) is 18.0 Å². The topological polar surface area (TPSA) is 41.1 Å². The highest BCUT2D eigenvalue weighted by atomic mass is 16.2. The fourth-order valence-electron chi connectivity index (χ4n) is 3.29. The van der Waals surface area contributed by atoms with Gasteiger partial charge >= 0.3 is 0 Å². The minimum atomic E-state index is -0.285. The van der Waals surface area contributed by atoms with E-state index in [9.17, 15) is 4.79 Å². The van der Waals surface area contributed by atoms with Gasteiger partial charge in [-0.2, -0.15) is 0 Å². The van der Waals surface area contributed by atoms with Gasteiger partial charge < -0.3 is 5.32 Å². The number of carbonyl (C=O) groups is 1. The summed E-state index contributed by atoms with van der Waals surface area (Å²) in [6.07, 6.45) is 0. The lowest BCUT2D eigenvalue weighted by Crippen LogP contribution is -2.42. The van der Waals surface area contributed by atoms with Gasteiger partial charge in [0, 0.05) is 11.7 Å². The normalized spacial score (nSPS) is 13.6. The lowest BCUT2D eigenvalue weighted by Gasteiger charge is -2.27. The first-order valence-electron chi connectivity index (χ1n) is 8.99. The molecule has 25 heavy (non-hydrogen) atoms. The van der Waals surface area contributed by atoms with Gasteiger partial charge in [-0.05, 0) is 50.3 Å². The fourth-order valence-corrected chi connectivity index (χ4v) is 3.29. The first-order chi connectivity index (χ1) is 11.8. The second-order valence-electron chi connectivity index (χ2n) is 7.28. The quantitative estimate of drug-likeness (QED) is 0.784. The van der Waals surface area contributed by atoms with Gasteiger partial charge in [-0.3, -0.25) is 10.1 Å². The maximum atomic E-state index is 12.7. The van der Waals surface area contributed by atoms with Crippen LogP contribution >= 0.6 is 0 Å². The van der Waals surface area contributed by atoms with Gasteiger partial charge in [0.2, 0.25) is 5.91 Å². The summed E-state index contributed by atoms with van der Waals surface area (Å²) in [4.78, 5) is 12.7. The summed E-state index contributed by atoms with van der Waals surface area (Å²) in [5.74, 6) is 0.386. The monoisotopic (exact) mass is 338 g/mol. The van der Waals surface area contributed by atoms with Crippen LogP contribution < -0.4 is 10.6 Å². The molecule has 1 amide bonds. The van der Waals surface area contributed by atoms with E-state index >= 15 is 0 Å². The standard InChI is InChI=1S/C22H30N2O/c1-14(2)20(19-10-8-7-9-11-19)23-18(6)22(25)24-21-16(4)12-15(3)13-17(21)5/h7-14,18,20,23H,1-6H3,(H,24,25)/t18-,20-/m1/s1. The Morgan fingerprint density at radius 1 is 0.920 bits per heavy atom. The highest BCUT2D eigenvalue weighted by Crippen LogP contribution is 2.24. The predicted molar refractivity (Wildman–Crippen MR) is 106 cm³/mol. The first kappa shape index (κ1) is 19.2. The average molecular weight is 338 g/mol. The number of hydrogen-bond acceptors (Lipinski definition) is 2. The molecule has 0 bridgehead atoms. The molecule has 0 spiro atoms. The lowest BCUT2D eigenvalue weighted by atomic mass is 9.95. The van der Waals surface area contributed by atoms with E-state index in [1.807, 2.05) is 39.0 Å². The molecule has 0 aliphatic carbocycles. The number of amides is 1. The lowest BCUT2D eigenvalue weighted by molar-refractivity contribution is -0.118. The zero-order chi connectivity index (χ0) is 18.6. The third-order valence-corrected chi connectivity index (χ3v) is 4.57. The molecule has 2 N–H and O–H groups in total. The number of rotatable bonds is 6. The summed E-state index contributed by atoms with van der Waals surface area (Å²) in [5.41, 5.74) is 5.54. The van der Waals surface area contributed by atoms with E-state index in [1.54, 1.807) is 0 Å². The van der Waals surface area contributed by atoms with Crippen LogP contribution in [0, 0.1) is 26.7 Å². The molecule has 0 radical (unpaired) electrons. The van der Waals surface area contributed by atoms with Crippen molar-refractivity contribution in [3.8, 4) is 0 Å². The van der Waals surface area contributed by atoms with E-state index in [2.05, 4.69) is 55.7 Å². The Morgan fingerprint density at radius 2 is 1.48 bits per heavy atom. The number of nitrogens with one attached hydrogen (secondary N) is 2. The molecule has 2 aromatic carbocycles. The van der Waals surface area contributed by atoms with Crippen molar-refractivity contribution in [2.45, 2.75) is 53.6 Å². The first-order valence-corrected chi connectivity index (χ1v) is 8.99. The highest BCUT2D eigenvalue weighted by molar-refractivity contribution is 5.96. The van der Waals surface area contributed by atoms with Crippen molar-refractivity contribution in [3.05, 3.63) is 64.7 Å². The largest absolute Gasteiger partial charge is 0.324 e. The molecule has 0 unspecified atom stereocenters. The molecule has 2 aromatic rings. The van der Waals surface area contributed by atoms with Crippen LogP contribution in [0.1, 0.15) is 49.1 Å². The van der Waals surface area contributed by atoms with Crippen LogP contribution in [-0.4, -0.2) is 11.9 Å². The molecule has 2 rings (SSSR count). The van der Waals surface area contributed by atoms with Crippen molar-refractivity contribution < 1.29 is 4.79 Å². The Hall–Kier alpha value is -2.13. The van der Waals surface area contributed by atoms with Crippen molar-refractivity contribution in [1.29, 1.82) is 0 Å². The second-order valence-corrected chi connectivity index (χ2v) is 7.28. The van der Waals surface area contributed by atoms with Gasteiger partial charge in [0.15, 0.2) is 0 Å². The Balaban J connectivity index is 2.12. The van der Waals surface area contributed by atoms with Crippen molar-refractivity contribution in [3.63, 3.8) is 0 Å². The molecule has 3 heteroatoms. The molecule has 0 aromatic heterocycles. The van der Waals surface area contributed by atoms with Crippen LogP contribution in [0.4, 0.5) is 5.69 Å². The highest BCUT2D eigenvalue weighted by Gasteiger charge is 2.22. The number of aryl methyl sites for hydroxylation is 3. The van der Waals surface area contributed by atoms with Gasteiger partial charge in [-0.1, -0.05) is 61.9 Å². The smallest absolute Gasteiger partial charge is 0.241 e. The second kappa shape index (κ2) is 8.30. The van der Waals surface area contributed by atoms with Crippen molar-refractivity contribution in [2.75, 3.05) is 5.32 Å². The Bertz CT molecular complexity index is 699. The molecule has 0 fully saturated rings. The van der Waals surface area contributed by atoms with Crippen molar-refractivity contribution in [2.24, 2.45) is 5.92 Å². The van der Waals surface area contributed by atoms with Crippen LogP contribution in [0.2, 0.25) is 0 Å². The SMILES string of the molecule is Cc1cc(C)c(NC(=O)[C@@H](C)N[C@@H](c2ccccc2)C(C)C)c(C)c1. The van der Waals surface area contributed by atoms with Crippen LogP contribution in [0.25, 0.3) is 0 Å². The minimum absolute atomic E-state index is 0.00312. The van der Waals surface area contributed by atoms with E-state index in [0.717, 1.165) is 16.8 Å². The maximum Gasteiger partial charge on any atom is 0.241 e. The molecule has 0 saturated heterocycles. The van der Waals surface area contributed by atoms with Crippen LogP contribution in [0.3, 0.4) is 0 Å². The van der Waals surface area contributed by atoms with Crippen LogP contribution in [-0.2, 0) is 4.79 Å². The zero-order valence-electron chi connectivity index (χ0n) is 16.2. The van der Waals surface area contributed by atoms with Gasteiger partial charge in [0.25, 0.3) is 0 Å². The van der Waals surface area contributed by atoms with Gasteiger partial charge in [-0.15, -0.1) is 0 Å². The average Bonchev–Trinajstić information content (AvgIpc) is 2.55. The summed E-state index contributed by atoms with van der Waals surface area (Å²) in [5, 5.41) is 6.59. The Labute approximate surface area is 151 Å². The molecule has 0 saturated carbocycles. The molecule has 2 atom stereocenters. The molecule has 134 valence electrons. The predicted octanol–water partition coefficient (Wildman–Crippen LogP) is 4.93. The molecule has 0 aliphatic heterocycles. The molecular formula is C22H30N2O. The van der Waals surface area contributed by atoms with Crippen molar-refractivity contribution in [1.82, 2.24) is 5.32 Å². The Kier molecular flexibility index (Phi) is 6.38. The molecule has 3 nitrogen and oxygen atoms in total. The summed E-state index contributed by atoms with van der Waals surface area (Å²) >= 11 is 0. The maximum absolute atomic E-state index is 12.7. The van der Waals surface area contributed by atoms with E-state index in [1.165, 1.54) is 11.1 Å². The third kappa shape index (κ3) is 4.93. The number of hydrogen-bond donors (Lipinski definition) is 2. The van der Waals surface area contributed by atoms with E-state index in [4.69, 9.17) is 0 Å². The van der Waals surface area contributed by atoms with Crippen molar-refractivity contribution >= 4 is 11.6 Å². The summed E-state index contributed by atoms with van der Waals surface area (Å²) in [7, 11) is 0. The third-order valence-electron chi connectivity index (χ3n) is 4.57. The molecular weight excluding hydrogens is 308 g/mol. The van der Waals surface area contributed by atoms with E-state index in [0.29, 0.717) is 5.92 Å². The van der Waals surface area contributed by atoms with E-state index < -0.39 is 0 Å². The summed E-state index contributed by atoms with van der Waals surface area (Å²) in [6.45, 7) is 12.4. The summed E-state index contributed by atoms with van der Waals surface area (Å²) < 4.78 is 0. The van der Waals surface area contributed by atoms with Crippen LogP contribution in [0.15, 0.2) is 42.5 Å². The number of anilines is 1. The number of benzene rings is 2. The summed E-state index contributed by atoms with van der Waals surface area (Å²) in [6, 6.07) is 14.4. The van der Waals surface area contributed by atoms with Gasteiger partial charge in [0.05, 0.1) is 6.04 Å². The minimum Gasteiger partial charge on any atom is -0.324 e. The van der Waals surface area contributed by atoms with Gasteiger partial charge in [-0.25, -0.2) is 0 Å². The zero-order valence-corrected chi connectivity index (χ0v) is 16.2. The number of carbonyl (C=O) groups excluding carboxylic acids is 1.